The lowest BCUT2D eigenvalue weighted by atomic mass is 9.79. The van der Waals surface area contributed by atoms with Gasteiger partial charge in [0.25, 0.3) is 0 Å². The number of rotatable bonds is 7. The van der Waals surface area contributed by atoms with Gasteiger partial charge in [-0.05, 0) is 46.8 Å². The quantitative estimate of drug-likeness (QED) is 0.728. The smallest absolute Gasteiger partial charge is 0.230 e. The van der Waals surface area contributed by atoms with Crippen molar-refractivity contribution < 1.29 is 4.79 Å². The summed E-state index contributed by atoms with van der Waals surface area (Å²) in [6, 6.07) is 0. The van der Waals surface area contributed by atoms with Crippen molar-refractivity contribution in [2.24, 2.45) is 11.1 Å². The summed E-state index contributed by atoms with van der Waals surface area (Å²) in [5, 5.41) is 0. The van der Waals surface area contributed by atoms with Crippen LogP contribution < -0.4 is 5.73 Å². The molecule has 0 unspecified atom stereocenters. The number of nitrogens with zero attached hydrogens (tertiary/aromatic N) is 2. The van der Waals surface area contributed by atoms with Gasteiger partial charge in [0.1, 0.15) is 0 Å². The lowest BCUT2D eigenvalue weighted by Gasteiger charge is -2.35. The Labute approximate surface area is 124 Å². The first-order chi connectivity index (χ1) is 9.55. The first-order valence-corrected chi connectivity index (χ1v) is 8.20. The van der Waals surface area contributed by atoms with Crippen LogP contribution in [0.3, 0.4) is 0 Å². The molecule has 1 rings (SSSR count). The van der Waals surface area contributed by atoms with Gasteiger partial charge >= 0.3 is 0 Å². The minimum absolute atomic E-state index is 0.273. The van der Waals surface area contributed by atoms with Crippen molar-refractivity contribution in [1.82, 2.24) is 9.80 Å². The standard InChI is InChI=1S/C16H33N3O/c1-4-19(13-9-12-18(2)3)15(20)16(14-17)10-7-5-6-8-11-16/h4-14,17H2,1-3H3. The van der Waals surface area contributed by atoms with E-state index < -0.39 is 0 Å². The number of hydrogen-bond acceptors (Lipinski definition) is 3. The molecule has 118 valence electrons. The fourth-order valence-corrected chi connectivity index (χ4v) is 3.23. The molecule has 1 saturated carbocycles. The van der Waals surface area contributed by atoms with Crippen molar-refractivity contribution >= 4 is 5.91 Å². The van der Waals surface area contributed by atoms with E-state index in [9.17, 15) is 4.79 Å². The molecule has 1 fully saturated rings. The van der Waals surface area contributed by atoms with Crippen LogP contribution in [0.4, 0.5) is 0 Å². The Hall–Kier alpha value is -0.610. The highest BCUT2D eigenvalue weighted by molar-refractivity contribution is 5.83. The largest absolute Gasteiger partial charge is 0.342 e. The third-order valence-corrected chi connectivity index (χ3v) is 4.61. The van der Waals surface area contributed by atoms with Gasteiger partial charge in [0.05, 0.1) is 5.41 Å². The van der Waals surface area contributed by atoms with Crippen molar-refractivity contribution in [3.05, 3.63) is 0 Å². The van der Waals surface area contributed by atoms with E-state index in [-0.39, 0.29) is 5.41 Å². The van der Waals surface area contributed by atoms with Crippen LogP contribution in [0.5, 0.6) is 0 Å². The highest BCUT2D eigenvalue weighted by atomic mass is 16.2. The first kappa shape index (κ1) is 17.4. The topological polar surface area (TPSA) is 49.6 Å². The molecule has 4 heteroatoms. The zero-order valence-electron chi connectivity index (χ0n) is 13.7. The summed E-state index contributed by atoms with van der Waals surface area (Å²) in [5.74, 6) is 0.308. The van der Waals surface area contributed by atoms with E-state index in [1.165, 1.54) is 12.8 Å². The number of amides is 1. The zero-order chi connectivity index (χ0) is 15.0. The number of carbonyl (C=O) groups is 1. The Balaban J connectivity index is 2.65. The molecule has 1 aliphatic carbocycles. The summed E-state index contributed by atoms with van der Waals surface area (Å²) in [4.78, 5) is 17.1. The average molecular weight is 283 g/mol. The molecule has 4 nitrogen and oxygen atoms in total. The van der Waals surface area contributed by atoms with Crippen molar-refractivity contribution in [3.8, 4) is 0 Å². The molecule has 0 aromatic carbocycles. The van der Waals surface area contributed by atoms with E-state index in [0.717, 1.165) is 51.7 Å². The predicted molar refractivity (Wildman–Crippen MR) is 84.6 cm³/mol. The Morgan fingerprint density at radius 3 is 2.15 bits per heavy atom. The molecular weight excluding hydrogens is 250 g/mol. The van der Waals surface area contributed by atoms with Gasteiger partial charge in [0, 0.05) is 19.6 Å². The Kier molecular flexibility index (Phi) is 7.52. The monoisotopic (exact) mass is 283 g/mol. The Morgan fingerprint density at radius 2 is 1.70 bits per heavy atom. The average Bonchev–Trinajstić information content (AvgIpc) is 2.69. The third kappa shape index (κ3) is 4.74. The van der Waals surface area contributed by atoms with Crippen molar-refractivity contribution in [2.45, 2.75) is 51.9 Å². The van der Waals surface area contributed by atoms with Crippen molar-refractivity contribution in [1.29, 1.82) is 0 Å². The maximum Gasteiger partial charge on any atom is 0.230 e. The third-order valence-electron chi connectivity index (χ3n) is 4.61. The van der Waals surface area contributed by atoms with E-state index in [0.29, 0.717) is 12.5 Å². The highest BCUT2D eigenvalue weighted by Crippen LogP contribution is 2.36. The normalized spacial score (nSPS) is 18.9. The SMILES string of the molecule is CCN(CCCN(C)C)C(=O)C1(CN)CCCCCC1. The van der Waals surface area contributed by atoms with Gasteiger partial charge in [0.2, 0.25) is 5.91 Å². The fraction of sp³-hybridized carbons (Fsp3) is 0.938. The molecule has 2 N–H and O–H groups in total. The van der Waals surface area contributed by atoms with E-state index in [4.69, 9.17) is 5.73 Å². The molecule has 0 aromatic rings. The van der Waals surface area contributed by atoms with Crippen LogP contribution in [0.15, 0.2) is 0 Å². The van der Waals surface area contributed by atoms with Crippen LogP contribution in [0.25, 0.3) is 0 Å². The molecule has 0 saturated heterocycles. The summed E-state index contributed by atoms with van der Waals surface area (Å²) in [6.45, 7) is 5.27. The molecule has 0 aromatic heterocycles. The second-order valence-electron chi connectivity index (χ2n) is 6.44. The second-order valence-corrected chi connectivity index (χ2v) is 6.44. The van der Waals surface area contributed by atoms with Gasteiger partial charge in [-0.2, -0.15) is 0 Å². The molecule has 1 amide bonds. The summed E-state index contributed by atoms with van der Waals surface area (Å²) in [6.07, 6.45) is 7.80. The summed E-state index contributed by atoms with van der Waals surface area (Å²) in [7, 11) is 4.15. The number of nitrogens with two attached hydrogens (primary N) is 1. The van der Waals surface area contributed by atoms with Gasteiger partial charge in [-0.3, -0.25) is 4.79 Å². The van der Waals surface area contributed by atoms with E-state index in [1.54, 1.807) is 0 Å². The molecule has 0 bridgehead atoms. The van der Waals surface area contributed by atoms with Crippen molar-refractivity contribution in [2.75, 3.05) is 40.3 Å². The zero-order valence-corrected chi connectivity index (χ0v) is 13.7. The van der Waals surface area contributed by atoms with Crippen LogP contribution in [0.2, 0.25) is 0 Å². The lowest BCUT2D eigenvalue weighted by molar-refractivity contribution is -0.142. The van der Waals surface area contributed by atoms with Gasteiger partial charge in [-0.25, -0.2) is 0 Å². The van der Waals surface area contributed by atoms with Gasteiger partial charge in [0.15, 0.2) is 0 Å². The van der Waals surface area contributed by atoms with Gasteiger partial charge in [-0.15, -0.1) is 0 Å². The Morgan fingerprint density at radius 1 is 1.10 bits per heavy atom. The minimum atomic E-state index is -0.273. The number of carbonyl (C=O) groups excluding carboxylic acids is 1. The summed E-state index contributed by atoms with van der Waals surface area (Å²) < 4.78 is 0. The van der Waals surface area contributed by atoms with E-state index in [2.05, 4.69) is 25.9 Å². The maximum absolute atomic E-state index is 12.9. The summed E-state index contributed by atoms with van der Waals surface area (Å²) in [5.41, 5.74) is 5.75. The van der Waals surface area contributed by atoms with Crippen LogP contribution in [-0.4, -0.2) is 56.0 Å². The first-order valence-electron chi connectivity index (χ1n) is 8.20. The predicted octanol–water partition coefficient (Wildman–Crippen LogP) is 2.09. The highest BCUT2D eigenvalue weighted by Gasteiger charge is 2.39. The fourth-order valence-electron chi connectivity index (χ4n) is 3.23. The van der Waals surface area contributed by atoms with E-state index in [1.807, 2.05) is 4.90 Å². The van der Waals surface area contributed by atoms with Crippen molar-refractivity contribution in [3.63, 3.8) is 0 Å². The van der Waals surface area contributed by atoms with Gasteiger partial charge < -0.3 is 15.5 Å². The van der Waals surface area contributed by atoms with E-state index >= 15 is 0 Å². The van der Waals surface area contributed by atoms with Crippen LogP contribution in [0, 0.1) is 5.41 Å². The molecular formula is C16H33N3O. The summed E-state index contributed by atoms with van der Waals surface area (Å²) >= 11 is 0. The van der Waals surface area contributed by atoms with Crippen LogP contribution >= 0.6 is 0 Å². The molecule has 0 spiro atoms. The molecule has 0 heterocycles. The minimum Gasteiger partial charge on any atom is -0.342 e. The molecule has 0 radical (unpaired) electrons. The Bertz CT molecular complexity index is 283. The molecule has 20 heavy (non-hydrogen) atoms. The van der Waals surface area contributed by atoms with Gasteiger partial charge in [-0.1, -0.05) is 25.7 Å². The molecule has 1 aliphatic rings. The molecule has 0 aliphatic heterocycles. The maximum atomic E-state index is 12.9. The molecule has 0 atom stereocenters. The second kappa shape index (κ2) is 8.63. The lowest BCUT2D eigenvalue weighted by Crippen LogP contribution is -2.48. The van der Waals surface area contributed by atoms with Crippen LogP contribution in [-0.2, 0) is 4.79 Å². The van der Waals surface area contributed by atoms with Crippen LogP contribution in [0.1, 0.15) is 51.9 Å². The number of hydrogen-bond donors (Lipinski definition) is 1.